The topological polar surface area (TPSA) is 29.9 Å². The summed E-state index contributed by atoms with van der Waals surface area (Å²) < 4.78 is 2.13. The molecule has 1 aliphatic carbocycles. The van der Waals surface area contributed by atoms with Crippen molar-refractivity contribution in [1.29, 1.82) is 0 Å². The molecule has 0 unspecified atom stereocenters. The van der Waals surface area contributed by atoms with E-state index in [0.717, 1.165) is 13.1 Å². The van der Waals surface area contributed by atoms with Crippen LogP contribution < -0.4 is 5.32 Å². The van der Waals surface area contributed by atoms with Gasteiger partial charge in [-0.3, -0.25) is 4.68 Å². The maximum atomic E-state index is 4.46. The van der Waals surface area contributed by atoms with E-state index in [9.17, 15) is 0 Å². The molecule has 0 amide bonds. The van der Waals surface area contributed by atoms with Crippen LogP contribution in [0.4, 0.5) is 0 Å². The molecule has 0 bridgehead atoms. The Hall–Kier alpha value is -0.830. The highest BCUT2D eigenvalue weighted by Crippen LogP contribution is 2.40. The van der Waals surface area contributed by atoms with Crippen molar-refractivity contribution in [2.24, 2.45) is 7.05 Å². The Labute approximate surface area is 97.2 Å². The summed E-state index contributed by atoms with van der Waals surface area (Å²) in [6, 6.07) is 0. The summed E-state index contributed by atoms with van der Waals surface area (Å²) in [6.45, 7) is 2.16. The molecule has 3 nitrogen and oxygen atoms in total. The van der Waals surface area contributed by atoms with E-state index in [1.54, 1.807) is 0 Å². The first-order valence-corrected chi connectivity index (χ1v) is 6.54. The Balaban J connectivity index is 2.03. The number of hydrogen-bond acceptors (Lipinski definition) is 2. The van der Waals surface area contributed by atoms with Crippen molar-refractivity contribution in [3.63, 3.8) is 0 Å². The first-order chi connectivity index (χ1) is 7.82. The van der Waals surface area contributed by atoms with Crippen molar-refractivity contribution in [3.05, 3.63) is 17.5 Å². The number of hydrogen-bond donors (Lipinski definition) is 1. The van der Waals surface area contributed by atoms with Crippen molar-refractivity contribution in [3.8, 4) is 0 Å². The molecule has 1 N–H and O–H groups in total. The molecule has 2 aliphatic rings. The molecule has 88 valence electrons. The van der Waals surface area contributed by atoms with Gasteiger partial charge in [-0.25, -0.2) is 0 Å². The van der Waals surface area contributed by atoms with Crippen molar-refractivity contribution in [2.45, 2.75) is 50.5 Å². The van der Waals surface area contributed by atoms with Crippen LogP contribution in [0.1, 0.15) is 49.8 Å². The first kappa shape index (κ1) is 10.3. The van der Waals surface area contributed by atoms with Gasteiger partial charge in [-0.15, -0.1) is 0 Å². The standard InChI is InChI=1S/C13H21N3/c1-16-12-11(9-15-16)8-14-10-13(12)6-4-2-3-5-7-13/h9,14H,2-8,10H2,1H3. The van der Waals surface area contributed by atoms with Crippen molar-refractivity contribution in [2.75, 3.05) is 6.54 Å². The van der Waals surface area contributed by atoms with Crippen LogP contribution in [0.15, 0.2) is 6.20 Å². The minimum atomic E-state index is 0.384. The van der Waals surface area contributed by atoms with Gasteiger partial charge in [0.2, 0.25) is 0 Å². The lowest BCUT2D eigenvalue weighted by Crippen LogP contribution is -2.44. The van der Waals surface area contributed by atoms with Gasteiger partial charge < -0.3 is 5.32 Å². The fourth-order valence-corrected chi connectivity index (χ4v) is 3.64. The zero-order valence-electron chi connectivity index (χ0n) is 10.1. The predicted octanol–water partition coefficient (Wildman–Crippen LogP) is 2.12. The number of nitrogens with one attached hydrogen (secondary N) is 1. The minimum absolute atomic E-state index is 0.384. The second kappa shape index (κ2) is 3.88. The third kappa shape index (κ3) is 1.49. The molecule has 16 heavy (non-hydrogen) atoms. The zero-order chi connectivity index (χ0) is 11.0. The fourth-order valence-electron chi connectivity index (χ4n) is 3.64. The lowest BCUT2D eigenvalue weighted by Gasteiger charge is -2.37. The second-order valence-corrected chi connectivity index (χ2v) is 5.44. The van der Waals surface area contributed by atoms with Crippen molar-refractivity contribution >= 4 is 0 Å². The Morgan fingerprint density at radius 3 is 2.75 bits per heavy atom. The van der Waals surface area contributed by atoms with E-state index >= 15 is 0 Å². The number of fused-ring (bicyclic) bond motifs is 2. The summed E-state index contributed by atoms with van der Waals surface area (Å²) in [6.07, 6.45) is 10.3. The van der Waals surface area contributed by atoms with Gasteiger partial charge in [0.25, 0.3) is 0 Å². The molecule has 2 heterocycles. The largest absolute Gasteiger partial charge is 0.312 e. The van der Waals surface area contributed by atoms with Gasteiger partial charge in [-0.2, -0.15) is 5.10 Å². The molecule has 1 aromatic rings. The number of aromatic nitrogens is 2. The van der Waals surface area contributed by atoms with Crippen LogP contribution in [0.3, 0.4) is 0 Å². The van der Waals surface area contributed by atoms with E-state index in [-0.39, 0.29) is 0 Å². The lowest BCUT2D eigenvalue weighted by atomic mass is 9.74. The molecule has 1 saturated carbocycles. The van der Waals surface area contributed by atoms with E-state index in [0.29, 0.717) is 5.41 Å². The van der Waals surface area contributed by atoms with E-state index < -0.39 is 0 Å². The Morgan fingerprint density at radius 2 is 2.00 bits per heavy atom. The van der Waals surface area contributed by atoms with E-state index in [1.165, 1.54) is 49.8 Å². The normalized spacial score (nSPS) is 24.1. The Kier molecular flexibility index (Phi) is 2.51. The lowest BCUT2D eigenvalue weighted by molar-refractivity contribution is 0.305. The summed E-state index contributed by atoms with van der Waals surface area (Å²) >= 11 is 0. The summed E-state index contributed by atoms with van der Waals surface area (Å²) in [5, 5.41) is 8.04. The molecule has 3 rings (SSSR count). The van der Waals surface area contributed by atoms with E-state index in [2.05, 4.69) is 22.1 Å². The molecule has 1 fully saturated rings. The first-order valence-electron chi connectivity index (χ1n) is 6.54. The highest BCUT2D eigenvalue weighted by Gasteiger charge is 2.39. The van der Waals surface area contributed by atoms with Crippen LogP contribution in [0.25, 0.3) is 0 Å². The molecule has 0 saturated heterocycles. The van der Waals surface area contributed by atoms with Gasteiger partial charge in [-0.1, -0.05) is 25.7 Å². The molecule has 1 spiro atoms. The molecule has 0 atom stereocenters. The maximum absolute atomic E-state index is 4.46. The Morgan fingerprint density at radius 1 is 1.25 bits per heavy atom. The van der Waals surface area contributed by atoms with Crippen LogP contribution >= 0.6 is 0 Å². The quantitative estimate of drug-likeness (QED) is 0.724. The van der Waals surface area contributed by atoms with E-state index in [1.807, 2.05) is 6.20 Å². The highest BCUT2D eigenvalue weighted by atomic mass is 15.3. The van der Waals surface area contributed by atoms with Crippen LogP contribution in [-0.2, 0) is 19.0 Å². The van der Waals surface area contributed by atoms with Crippen molar-refractivity contribution < 1.29 is 0 Å². The van der Waals surface area contributed by atoms with Gasteiger partial charge in [-0.05, 0) is 12.8 Å². The van der Waals surface area contributed by atoms with Crippen LogP contribution in [0.5, 0.6) is 0 Å². The average molecular weight is 219 g/mol. The van der Waals surface area contributed by atoms with Gasteiger partial charge >= 0.3 is 0 Å². The summed E-state index contributed by atoms with van der Waals surface area (Å²) in [5.74, 6) is 0. The van der Waals surface area contributed by atoms with Crippen LogP contribution in [-0.4, -0.2) is 16.3 Å². The van der Waals surface area contributed by atoms with Gasteiger partial charge in [0.05, 0.1) is 6.20 Å². The zero-order valence-corrected chi connectivity index (χ0v) is 10.1. The SMILES string of the molecule is Cn1ncc2c1C1(CCCCCC1)CNC2. The van der Waals surface area contributed by atoms with Crippen LogP contribution in [0.2, 0.25) is 0 Å². The summed E-state index contributed by atoms with van der Waals surface area (Å²) in [4.78, 5) is 0. The Bertz CT molecular complexity index is 373. The van der Waals surface area contributed by atoms with E-state index in [4.69, 9.17) is 0 Å². The van der Waals surface area contributed by atoms with Crippen LogP contribution in [0, 0.1) is 0 Å². The fraction of sp³-hybridized carbons (Fsp3) is 0.769. The third-order valence-corrected chi connectivity index (χ3v) is 4.36. The number of nitrogens with zero attached hydrogens (tertiary/aromatic N) is 2. The third-order valence-electron chi connectivity index (χ3n) is 4.36. The van der Waals surface area contributed by atoms with Gasteiger partial charge in [0.1, 0.15) is 0 Å². The molecule has 1 aromatic heterocycles. The van der Waals surface area contributed by atoms with Gasteiger partial charge in [0.15, 0.2) is 0 Å². The smallest absolute Gasteiger partial charge is 0.0537 e. The molecular formula is C13H21N3. The molecule has 3 heteroatoms. The highest BCUT2D eigenvalue weighted by molar-refractivity contribution is 5.30. The maximum Gasteiger partial charge on any atom is 0.0537 e. The predicted molar refractivity (Wildman–Crippen MR) is 64.3 cm³/mol. The molecule has 1 aliphatic heterocycles. The second-order valence-electron chi connectivity index (χ2n) is 5.44. The van der Waals surface area contributed by atoms with Crippen molar-refractivity contribution in [1.82, 2.24) is 15.1 Å². The molecule has 0 radical (unpaired) electrons. The average Bonchev–Trinajstić information content (AvgIpc) is 2.54. The molecular weight excluding hydrogens is 198 g/mol. The summed E-state index contributed by atoms with van der Waals surface area (Å²) in [7, 11) is 2.11. The number of aryl methyl sites for hydroxylation is 1. The van der Waals surface area contributed by atoms with Gasteiger partial charge in [0, 0.05) is 36.8 Å². The summed E-state index contributed by atoms with van der Waals surface area (Å²) in [5.41, 5.74) is 3.33. The monoisotopic (exact) mass is 219 g/mol. The number of rotatable bonds is 0. The molecule has 0 aromatic carbocycles. The minimum Gasteiger partial charge on any atom is -0.312 e.